The van der Waals surface area contributed by atoms with Crippen molar-refractivity contribution in [3.63, 3.8) is 0 Å². The zero-order chi connectivity index (χ0) is 23.4. The van der Waals surface area contributed by atoms with Gasteiger partial charge >= 0.3 is 0 Å². The van der Waals surface area contributed by atoms with E-state index in [1.807, 2.05) is 24.3 Å². The molecule has 0 aliphatic heterocycles. The van der Waals surface area contributed by atoms with E-state index in [0.717, 1.165) is 29.0 Å². The third kappa shape index (κ3) is 3.85. The molecule has 1 aliphatic rings. The van der Waals surface area contributed by atoms with E-state index in [1.165, 1.54) is 22.3 Å². The molecule has 4 nitrogen and oxygen atoms in total. The van der Waals surface area contributed by atoms with Gasteiger partial charge in [0, 0.05) is 0 Å². The minimum atomic E-state index is -0.504. The highest BCUT2D eigenvalue weighted by atomic mass is 16.5. The standard InChI is InChI=1S/C30H28O4/c31-17-19-33-26-13-9-24(10-14-26)30(25-11-15-27(16-12-25)34-20-18-32)28-7-3-1-5-22(28)21-23-6-2-4-8-29(23)30/h1-16,31-32H,17-21H2. The molecule has 0 bridgehead atoms. The normalized spacial score (nSPS) is 13.6. The molecule has 0 amide bonds. The first-order valence-electron chi connectivity index (χ1n) is 11.6. The van der Waals surface area contributed by atoms with Gasteiger partial charge in [-0.1, -0.05) is 72.8 Å². The second-order valence-electron chi connectivity index (χ2n) is 8.43. The number of benzene rings is 4. The molecule has 0 heterocycles. The Morgan fingerprint density at radius 1 is 0.559 bits per heavy atom. The lowest BCUT2D eigenvalue weighted by Gasteiger charge is -2.42. The van der Waals surface area contributed by atoms with Gasteiger partial charge in [0.2, 0.25) is 0 Å². The van der Waals surface area contributed by atoms with Crippen LogP contribution in [0, 0.1) is 0 Å². The van der Waals surface area contributed by atoms with Crippen molar-refractivity contribution in [2.45, 2.75) is 11.8 Å². The fourth-order valence-electron chi connectivity index (χ4n) is 5.15. The molecule has 4 aromatic carbocycles. The van der Waals surface area contributed by atoms with Crippen LogP contribution < -0.4 is 9.47 Å². The molecule has 0 radical (unpaired) electrons. The van der Waals surface area contributed by atoms with E-state index < -0.39 is 5.41 Å². The zero-order valence-corrected chi connectivity index (χ0v) is 19.0. The van der Waals surface area contributed by atoms with Gasteiger partial charge in [0.05, 0.1) is 18.6 Å². The molecule has 4 heteroatoms. The van der Waals surface area contributed by atoms with E-state index in [0.29, 0.717) is 0 Å². The maximum atomic E-state index is 9.12. The number of hydrogen-bond donors (Lipinski definition) is 2. The SMILES string of the molecule is OCCOc1ccc(C2(c3ccc(OCCO)cc3)c3ccccc3Cc3ccccc32)cc1. The summed E-state index contributed by atoms with van der Waals surface area (Å²) in [7, 11) is 0. The molecular formula is C30H28O4. The van der Waals surface area contributed by atoms with E-state index in [2.05, 4.69) is 72.8 Å². The second kappa shape index (κ2) is 9.72. The van der Waals surface area contributed by atoms with Crippen molar-refractivity contribution >= 4 is 0 Å². The summed E-state index contributed by atoms with van der Waals surface area (Å²) in [6, 6.07) is 33.8. The molecule has 0 spiro atoms. The van der Waals surface area contributed by atoms with Gasteiger partial charge in [-0.2, -0.15) is 0 Å². The minimum absolute atomic E-state index is 0.0167. The molecule has 2 N–H and O–H groups in total. The summed E-state index contributed by atoms with van der Waals surface area (Å²) in [6.45, 7) is 0.505. The summed E-state index contributed by atoms with van der Waals surface area (Å²) < 4.78 is 11.3. The van der Waals surface area contributed by atoms with Crippen molar-refractivity contribution < 1.29 is 19.7 Å². The van der Waals surface area contributed by atoms with Crippen LogP contribution in [0.4, 0.5) is 0 Å². The highest BCUT2D eigenvalue weighted by molar-refractivity contribution is 5.67. The maximum Gasteiger partial charge on any atom is 0.119 e. The summed E-state index contributed by atoms with van der Waals surface area (Å²) in [6.07, 6.45) is 0.892. The van der Waals surface area contributed by atoms with E-state index in [1.54, 1.807) is 0 Å². The third-order valence-corrected chi connectivity index (χ3v) is 6.52. The molecule has 34 heavy (non-hydrogen) atoms. The molecule has 0 unspecified atom stereocenters. The number of fused-ring (bicyclic) bond motifs is 2. The topological polar surface area (TPSA) is 58.9 Å². The predicted octanol–water partition coefficient (Wildman–Crippen LogP) is 4.72. The van der Waals surface area contributed by atoms with E-state index in [4.69, 9.17) is 19.7 Å². The summed E-state index contributed by atoms with van der Waals surface area (Å²) in [5, 5.41) is 18.2. The fourth-order valence-corrected chi connectivity index (χ4v) is 5.15. The smallest absolute Gasteiger partial charge is 0.119 e. The van der Waals surface area contributed by atoms with Crippen molar-refractivity contribution in [3.05, 3.63) is 130 Å². The van der Waals surface area contributed by atoms with Crippen molar-refractivity contribution in [1.29, 1.82) is 0 Å². The molecule has 0 saturated heterocycles. The zero-order valence-electron chi connectivity index (χ0n) is 19.0. The van der Waals surface area contributed by atoms with Crippen LogP contribution in [0.2, 0.25) is 0 Å². The van der Waals surface area contributed by atoms with Crippen molar-refractivity contribution in [3.8, 4) is 11.5 Å². The Kier molecular flexibility index (Phi) is 6.35. The fraction of sp³-hybridized carbons (Fsp3) is 0.200. The van der Waals surface area contributed by atoms with Crippen molar-refractivity contribution in [1.82, 2.24) is 0 Å². The van der Waals surface area contributed by atoms with Crippen LogP contribution in [0.25, 0.3) is 0 Å². The van der Waals surface area contributed by atoms with Gasteiger partial charge < -0.3 is 19.7 Å². The van der Waals surface area contributed by atoms with Gasteiger partial charge in [-0.3, -0.25) is 0 Å². The Hall–Kier alpha value is -3.60. The van der Waals surface area contributed by atoms with Crippen LogP contribution in [0.3, 0.4) is 0 Å². The van der Waals surface area contributed by atoms with Gasteiger partial charge in [-0.25, -0.2) is 0 Å². The molecule has 1 aliphatic carbocycles. The quantitative estimate of drug-likeness (QED) is 0.358. The highest BCUT2D eigenvalue weighted by Crippen LogP contribution is 2.51. The van der Waals surface area contributed by atoms with Crippen LogP contribution in [-0.2, 0) is 11.8 Å². The van der Waals surface area contributed by atoms with Crippen LogP contribution >= 0.6 is 0 Å². The van der Waals surface area contributed by atoms with Crippen molar-refractivity contribution in [2.75, 3.05) is 26.4 Å². The molecule has 0 saturated carbocycles. The Morgan fingerprint density at radius 3 is 1.38 bits per heavy atom. The Bertz CT molecular complexity index is 1150. The summed E-state index contributed by atoms with van der Waals surface area (Å²) >= 11 is 0. The lowest BCUT2D eigenvalue weighted by molar-refractivity contribution is 0.201. The minimum Gasteiger partial charge on any atom is -0.491 e. The van der Waals surface area contributed by atoms with E-state index in [9.17, 15) is 0 Å². The molecule has 172 valence electrons. The number of rotatable bonds is 8. The molecule has 5 rings (SSSR count). The van der Waals surface area contributed by atoms with Crippen LogP contribution in [0.1, 0.15) is 33.4 Å². The number of aliphatic hydroxyl groups excluding tert-OH is 2. The lowest BCUT2D eigenvalue weighted by atomic mass is 9.60. The van der Waals surface area contributed by atoms with Gasteiger partial charge in [-0.05, 0) is 64.1 Å². The molecule has 0 atom stereocenters. The summed E-state index contributed by atoms with van der Waals surface area (Å²) in [5.41, 5.74) is 6.93. The first kappa shape index (κ1) is 22.2. The van der Waals surface area contributed by atoms with Crippen LogP contribution in [0.15, 0.2) is 97.1 Å². The average Bonchev–Trinajstić information content (AvgIpc) is 2.90. The number of ether oxygens (including phenoxy) is 2. The second-order valence-corrected chi connectivity index (χ2v) is 8.43. The Balaban J connectivity index is 1.74. The van der Waals surface area contributed by atoms with Crippen LogP contribution in [-0.4, -0.2) is 36.6 Å². The molecule has 4 aromatic rings. The van der Waals surface area contributed by atoms with E-state index >= 15 is 0 Å². The van der Waals surface area contributed by atoms with Gasteiger partial charge in [0.25, 0.3) is 0 Å². The largest absolute Gasteiger partial charge is 0.491 e. The van der Waals surface area contributed by atoms with E-state index in [-0.39, 0.29) is 26.4 Å². The molecular weight excluding hydrogens is 424 g/mol. The Labute approximate surface area is 200 Å². The summed E-state index contributed by atoms with van der Waals surface area (Å²) in [4.78, 5) is 0. The molecule has 0 fully saturated rings. The van der Waals surface area contributed by atoms with Gasteiger partial charge in [0.15, 0.2) is 0 Å². The highest BCUT2D eigenvalue weighted by Gasteiger charge is 2.43. The lowest BCUT2D eigenvalue weighted by Crippen LogP contribution is -2.36. The van der Waals surface area contributed by atoms with Gasteiger partial charge in [-0.15, -0.1) is 0 Å². The average molecular weight is 453 g/mol. The van der Waals surface area contributed by atoms with Crippen LogP contribution in [0.5, 0.6) is 11.5 Å². The first-order valence-corrected chi connectivity index (χ1v) is 11.6. The monoisotopic (exact) mass is 452 g/mol. The number of hydrogen-bond acceptors (Lipinski definition) is 4. The predicted molar refractivity (Wildman–Crippen MR) is 133 cm³/mol. The van der Waals surface area contributed by atoms with Crippen molar-refractivity contribution in [2.24, 2.45) is 0 Å². The van der Waals surface area contributed by atoms with Gasteiger partial charge in [0.1, 0.15) is 24.7 Å². The first-order chi connectivity index (χ1) is 16.8. The number of aliphatic hydroxyl groups is 2. The Morgan fingerprint density at radius 2 is 0.971 bits per heavy atom. The summed E-state index contributed by atoms with van der Waals surface area (Å²) in [5.74, 6) is 1.47. The third-order valence-electron chi connectivity index (χ3n) is 6.52. The molecule has 0 aromatic heterocycles. The maximum absolute atomic E-state index is 9.12.